The molecular weight excluding hydrogens is 637 g/mol. The summed E-state index contributed by atoms with van der Waals surface area (Å²) in [5.74, 6) is 0.373. The van der Waals surface area contributed by atoms with Gasteiger partial charge in [0.05, 0.1) is 43.0 Å². The number of pyridine rings is 2. The highest BCUT2D eigenvalue weighted by Gasteiger charge is 2.23. The maximum atomic E-state index is 14.0. The molecule has 0 aliphatic carbocycles. The average Bonchev–Trinajstić information content (AvgIpc) is 3.76. The molecule has 0 aliphatic heterocycles. The predicted molar refractivity (Wildman–Crippen MR) is 183 cm³/mol. The Hall–Kier alpha value is -3.58. The minimum atomic E-state index is -3.10. The van der Waals surface area contributed by atoms with Crippen LogP contribution in [0.2, 0.25) is 0 Å². The van der Waals surface area contributed by atoms with Crippen molar-refractivity contribution in [3.8, 4) is 0 Å². The molecule has 0 saturated carbocycles. The number of nitrogens with zero attached hydrogens (tertiary/aromatic N) is 2. The third-order valence-corrected chi connectivity index (χ3v) is 14.5. The van der Waals surface area contributed by atoms with Gasteiger partial charge >= 0.3 is 0 Å². The van der Waals surface area contributed by atoms with E-state index in [1.807, 2.05) is 36.4 Å². The van der Waals surface area contributed by atoms with E-state index in [9.17, 15) is 26.4 Å². The van der Waals surface area contributed by atoms with Crippen LogP contribution < -0.4 is 11.1 Å². The van der Waals surface area contributed by atoms with Gasteiger partial charge in [0.1, 0.15) is 19.7 Å². The monoisotopic (exact) mass is 662 g/mol. The van der Waals surface area contributed by atoms with Crippen molar-refractivity contribution in [2.24, 2.45) is 0 Å². The van der Waals surface area contributed by atoms with E-state index >= 15 is 0 Å². The molecule has 0 amide bonds. The van der Waals surface area contributed by atoms with Crippen molar-refractivity contribution in [3.63, 3.8) is 0 Å². The Morgan fingerprint density at radius 2 is 0.955 bits per heavy atom. The van der Waals surface area contributed by atoms with E-state index < -0.39 is 19.7 Å². The number of aryl methyl sites for hydroxylation is 2. The Bertz CT molecular complexity index is 2630. The molecule has 0 bridgehead atoms. The van der Waals surface area contributed by atoms with Gasteiger partial charge in [-0.25, -0.2) is 16.8 Å². The van der Waals surface area contributed by atoms with Crippen molar-refractivity contribution < 1.29 is 16.8 Å². The maximum Gasteiger partial charge on any atom is 0.263 e. The van der Waals surface area contributed by atoms with Crippen LogP contribution in [-0.2, 0) is 32.5 Å². The zero-order valence-electron chi connectivity index (χ0n) is 23.8. The highest BCUT2D eigenvalue weighted by atomic mass is 32.2. The summed E-state index contributed by atoms with van der Waals surface area (Å²) in [6.07, 6.45) is 0.826. The Morgan fingerprint density at radius 3 is 1.34 bits per heavy atom. The quantitative estimate of drug-likeness (QED) is 0.195. The van der Waals surface area contributed by atoms with Crippen LogP contribution in [0, 0.1) is 0 Å². The second kappa shape index (κ2) is 9.46. The topological polar surface area (TPSA) is 111 Å². The molecule has 0 saturated heterocycles. The number of benzene rings is 2. The summed E-state index contributed by atoms with van der Waals surface area (Å²) in [6.45, 7) is 3.29. The number of rotatable bonds is 8. The van der Waals surface area contributed by atoms with Crippen LogP contribution in [0.1, 0.15) is 23.6 Å². The van der Waals surface area contributed by atoms with E-state index in [0.717, 1.165) is 62.8 Å². The van der Waals surface area contributed by atoms with Crippen molar-refractivity contribution >= 4 is 106 Å². The van der Waals surface area contributed by atoms with Gasteiger partial charge < -0.3 is 0 Å². The molecule has 44 heavy (non-hydrogen) atoms. The minimum Gasteiger partial charge on any atom is -0.275 e. The Kier molecular flexibility index (Phi) is 6.01. The van der Waals surface area contributed by atoms with Crippen molar-refractivity contribution in [2.45, 2.75) is 26.7 Å². The number of hydrogen-bond acceptors (Lipinski definition) is 8. The molecule has 8 nitrogen and oxygen atoms in total. The van der Waals surface area contributed by atoms with Gasteiger partial charge in [-0.3, -0.25) is 18.4 Å². The first-order chi connectivity index (χ1) is 21.0. The summed E-state index contributed by atoms with van der Waals surface area (Å²) in [5.41, 5.74) is 2.73. The largest absolute Gasteiger partial charge is 0.275 e. The fourth-order valence-electron chi connectivity index (χ4n) is 6.49. The predicted octanol–water partition coefficient (Wildman–Crippen LogP) is 5.63. The van der Waals surface area contributed by atoms with Crippen molar-refractivity contribution in [3.05, 3.63) is 79.0 Å². The van der Waals surface area contributed by atoms with E-state index in [0.29, 0.717) is 23.6 Å². The number of hydrogen-bond donors (Lipinski definition) is 0. The molecule has 0 aliphatic rings. The lowest BCUT2D eigenvalue weighted by molar-refractivity contribution is 0.595. The van der Waals surface area contributed by atoms with E-state index in [4.69, 9.17) is 0 Å². The summed E-state index contributed by atoms with van der Waals surface area (Å²) in [4.78, 5) is 29.9. The van der Waals surface area contributed by atoms with E-state index in [-0.39, 0.29) is 34.1 Å². The lowest BCUT2D eigenvalue weighted by atomic mass is 9.95. The van der Waals surface area contributed by atoms with Crippen LogP contribution in [0.15, 0.2) is 58.1 Å². The number of aromatic nitrogens is 2. The smallest absolute Gasteiger partial charge is 0.263 e. The van der Waals surface area contributed by atoms with Crippen LogP contribution in [0.5, 0.6) is 0 Å². The second-order valence-corrected chi connectivity index (χ2v) is 18.6. The fourth-order valence-corrected chi connectivity index (χ4v) is 10.6. The number of fused-ring (bicyclic) bond motifs is 8. The summed E-state index contributed by atoms with van der Waals surface area (Å²) in [5, 5.41) is 4.36. The molecule has 12 heteroatoms. The van der Waals surface area contributed by atoms with E-state index in [1.165, 1.54) is 22.7 Å². The zero-order chi connectivity index (χ0) is 30.7. The molecule has 2 aromatic carbocycles. The molecule has 0 atom stereocenters. The van der Waals surface area contributed by atoms with Gasteiger partial charge in [-0.2, -0.15) is 0 Å². The van der Waals surface area contributed by atoms with Gasteiger partial charge in [0, 0.05) is 53.6 Å². The number of sulfone groups is 2. The highest BCUT2D eigenvalue weighted by Crippen LogP contribution is 2.40. The Balaban J connectivity index is 1.34. The van der Waals surface area contributed by atoms with Crippen molar-refractivity contribution in [1.82, 2.24) is 8.80 Å². The van der Waals surface area contributed by atoms with Gasteiger partial charge in [0.2, 0.25) is 0 Å². The SMILES string of the molecule is CCS(=O)(=O)CCc1cc2c(cc3c4ccc5c6c(ccc(c(=O)n23)c46)c(=O)n2c3cc(CCS(=O)(=O)CC)sc3cc52)s1. The molecule has 0 fully saturated rings. The molecule has 8 rings (SSSR count). The third-order valence-electron chi connectivity index (χ3n) is 8.86. The molecule has 0 spiro atoms. The van der Waals surface area contributed by atoms with Gasteiger partial charge in [0.15, 0.2) is 0 Å². The van der Waals surface area contributed by atoms with Crippen LogP contribution in [-0.4, -0.2) is 48.6 Å². The van der Waals surface area contributed by atoms with Crippen LogP contribution >= 0.6 is 22.7 Å². The summed E-state index contributed by atoms with van der Waals surface area (Å²) >= 11 is 3.02. The average molecular weight is 663 g/mol. The molecule has 224 valence electrons. The summed E-state index contributed by atoms with van der Waals surface area (Å²) in [6, 6.07) is 15.3. The summed E-state index contributed by atoms with van der Waals surface area (Å²) in [7, 11) is -6.20. The van der Waals surface area contributed by atoms with Crippen molar-refractivity contribution in [2.75, 3.05) is 23.0 Å². The minimum absolute atomic E-state index is 0.0800. The molecule has 0 N–H and O–H groups in total. The Labute approximate surface area is 259 Å². The highest BCUT2D eigenvalue weighted by molar-refractivity contribution is 7.91. The maximum absolute atomic E-state index is 14.0. The van der Waals surface area contributed by atoms with Crippen LogP contribution in [0.25, 0.3) is 63.8 Å². The van der Waals surface area contributed by atoms with Gasteiger partial charge in [-0.05, 0) is 49.2 Å². The molecule has 6 heterocycles. The van der Waals surface area contributed by atoms with Crippen LogP contribution in [0.3, 0.4) is 0 Å². The third kappa shape index (κ3) is 3.97. The van der Waals surface area contributed by atoms with Gasteiger partial charge in [-0.1, -0.05) is 26.0 Å². The molecule has 0 unspecified atom stereocenters. The Morgan fingerprint density at radius 1 is 0.568 bits per heavy atom. The van der Waals surface area contributed by atoms with Crippen molar-refractivity contribution in [1.29, 1.82) is 0 Å². The first kappa shape index (κ1) is 27.9. The normalized spacial score (nSPS) is 13.4. The number of thiophene rings is 2. The first-order valence-corrected chi connectivity index (χ1v) is 19.7. The lowest BCUT2D eigenvalue weighted by Crippen LogP contribution is -2.16. The molecule has 8 aromatic rings. The molecule has 0 radical (unpaired) electrons. The lowest BCUT2D eigenvalue weighted by Gasteiger charge is -2.13. The fraction of sp³-hybridized carbons (Fsp3) is 0.250. The second-order valence-electron chi connectivity index (χ2n) is 11.3. The first-order valence-electron chi connectivity index (χ1n) is 14.4. The van der Waals surface area contributed by atoms with Gasteiger partial charge in [0.25, 0.3) is 11.1 Å². The standard InChI is InChI=1S/C32H26N2O6S4/c1-3-43(37,38)11-9-17-13-25-27(41-17)15-23-19-5-6-20-24-16-28-26(14-18(42-28)10-12-44(39,40)4-2)34(24)32(36)22-8-7-21(29(19)30(20)22)31(35)33(23)25/h5-8,13-16H,3-4,9-12H2,1-2H3. The molecule has 6 aromatic heterocycles. The van der Waals surface area contributed by atoms with Crippen LogP contribution in [0.4, 0.5) is 0 Å². The molecular formula is C32H26N2O6S4. The van der Waals surface area contributed by atoms with E-state index in [2.05, 4.69) is 0 Å². The summed E-state index contributed by atoms with van der Waals surface area (Å²) < 4.78 is 53.5. The van der Waals surface area contributed by atoms with E-state index in [1.54, 1.807) is 34.8 Å². The van der Waals surface area contributed by atoms with Gasteiger partial charge in [-0.15, -0.1) is 22.7 Å². The zero-order valence-corrected chi connectivity index (χ0v) is 27.1.